The fourth-order valence-corrected chi connectivity index (χ4v) is 2.66. The van der Waals surface area contributed by atoms with Crippen LogP contribution in [-0.2, 0) is 14.4 Å². The zero-order valence-corrected chi connectivity index (χ0v) is 17.3. The molecule has 0 aliphatic rings. The molecule has 0 saturated heterocycles. The minimum Gasteiger partial charge on any atom is -0.353 e. The standard InChI is InChI=1S/C17H34N4O3.C2H6/c1-13(22)11-15(8-6-10-19-3)21-17(24)12-16(20-14(2)23)7-4-5-9-18;1-2/h15-16,19H,4-12,18H2,1-3H3,(H,20,23)(H,21,24);1-2H3. The molecule has 0 aromatic rings. The van der Waals surface area contributed by atoms with E-state index in [-0.39, 0.29) is 36.1 Å². The van der Waals surface area contributed by atoms with Gasteiger partial charge in [-0.3, -0.25) is 14.4 Å². The van der Waals surface area contributed by atoms with Gasteiger partial charge < -0.3 is 21.7 Å². The van der Waals surface area contributed by atoms with E-state index in [0.29, 0.717) is 13.0 Å². The molecule has 0 aliphatic carbocycles. The van der Waals surface area contributed by atoms with Crippen molar-refractivity contribution in [1.29, 1.82) is 0 Å². The van der Waals surface area contributed by atoms with E-state index in [2.05, 4.69) is 16.0 Å². The number of hydrogen-bond acceptors (Lipinski definition) is 5. The second kappa shape index (κ2) is 18.3. The quantitative estimate of drug-likeness (QED) is 0.345. The van der Waals surface area contributed by atoms with Crippen molar-refractivity contribution in [2.24, 2.45) is 5.73 Å². The molecular formula is C19H40N4O3. The van der Waals surface area contributed by atoms with E-state index in [1.807, 2.05) is 20.9 Å². The summed E-state index contributed by atoms with van der Waals surface area (Å²) in [6, 6.07) is -0.338. The molecule has 26 heavy (non-hydrogen) atoms. The van der Waals surface area contributed by atoms with Gasteiger partial charge in [0.05, 0.1) is 0 Å². The Morgan fingerprint density at radius 1 is 0.885 bits per heavy atom. The van der Waals surface area contributed by atoms with Crippen molar-refractivity contribution >= 4 is 17.6 Å². The fourth-order valence-electron chi connectivity index (χ4n) is 2.66. The zero-order valence-electron chi connectivity index (χ0n) is 17.3. The summed E-state index contributed by atoms with van der Waals surface area (Å²) >= 11 is 0. The molecule has 7 heteroatoms. The molecule has 2 atom stereocenters. The molecule has 0 aliphatic heterocycles. The fraction of sp³-hybridized carbons (Fsp3) is 0.842. The van der Waals surface area contributed by atoms with Crippen molar-refractivity contribution in [3.8, 4) is 0 Å². The first kappa shape index (κ1) is 26.8. The van der Waals surface area contributed by atoms with Gasteiger partial charge in [-0.2, -0.15) is 0 Å². The van der Waals surface area contributed by atoms with Crippen LogP contribution >= 0.6 is 0 Å². The maximum absolute atomic E-state index is 12.3. The van der Waals surface area contributed by atoms with Crippen molar-refractivity contribution in [3.63, 3.8) is 0 Å². The van der Waals surface area contributed by atoms with E-state index < -0.39 is 0 Å². The summed E-state index contributed by atoms with van der Waals surface area (Å²) in [5, 5.41) is 8.81. The van der Waals surface area contributed by atoms with Gasteiger partial charge in [0, 0.05) is 31.8 Å². The second-order valence-electron chi connectivity index (χ2n) is 6.30. The first-order valence-electron chi connectivity index (χ1n) is 9.79. The molecule has 2 amide bonds. The Hall–Kier alpha value is -1.47. The van der Waals surface area contributed by atoms with Crippen LogP contribution in [0.25, 0.3) is 0 Å². The number of unbranched alkanes of at least 4 members (excludes halogenated alkanes) is 1. The van der Waals surface area contributed by atoms with Crippen molar-refractivity contribution in [3.05, 3.63) is 0 Å². The number of nitrogens with one attached hydrogen (secondary N) is 3. The normalized spacial score (nSPS) is 12.4. The van der Waals surface area contributed by atoms with E-state index in [1.54, 1.807) is 0 Å². The molecule has 5 N–H and O–H groups in total. The van der Waals surface area contributed by atoms with Crippen LogP contribution < -0.4 is 21.7 Å². The Balaban J connectivity index is 0. The Bertz CT molecular complexity index is 355. The maximum atomic E-state index is 12.3. The van der Waals surface area contributed by atoms with Crippen LogP contribution in [0.1, 0.15) is 72.6 Å². The highest BCUT2D eigenvalue weighted by Gasteiger charge is 2.18. The Kier molecular flexibility index (Phi) is 18.9. The third-order valence-electron chi connectivity index (χ3n) is 3.72. The van der Waals surface area contributed by atoms with Gasteiger partial charge in [0.2, 0.25) is 11.8 Å². The lowest BCUT2D eigenvalue weighted by Crippen LogP contribution is -2.42. The highest BCUT2D eigenvalue weighted by molar-refractivity contribution is 5.80. The number of carbonyl (C=O) groups is 3. The SMILES string of the molecule is CC.CNCCCC(CC(C)=O)NC(=O)CC(CCCCN)NC(C)=O. The monoisotopic (exact) mass is 372 g/mol. The third kappa shape index (κ3) is 17.4. The summed E-state index contributed by atoms with van der Waals surface area (Å²) in [5.41, 5.74) is 5.48. The maximum Gasteiger partial charge on any atom is 0.222 e. The third-order valence-corrected chi connectivity index (χ3v) is 3.72. The average Bonchev–Trinajstić information content (AvgIpc) is 2.55. The first-order chi connectivity index (χ1) is 12.4. The molecule has 0 fully saturated rings. The molecule has 0 radical (unpaired) electrons. The van der Waals surface area contributed by atoms with Crippen LogP contribution in [0, 0.1) is 0 Å². The summed E-state index contributed by atoms with van der Waals surface area (Å²) < 4.78 is 0. The van der Waals surface area contributed by atoms with Gasteiger partial charge >= 0.3 is 0 Å². The number of carbonyl (C=O) groups excluding carboxylic acids is 3. The van der Waals surface area contributed by atoms with E-state index in [1.165, 1.54) is 13.8 Å². The van der Waals surface area contributed by atoms with Crippen molar-refractivity contribution in [2.75, 3.05) is 20.1 Å². The lowest BCUT2D eigenvalue weighted by Gasteiger charge is -2.21. The van der Waals surface area contributed by atoms with Gasteiger partial charge in [-0.25, -0.2) is 0 Å². The topological polar surface area (TPSA) is 113 Å². The van der Waals surface area contributed by atoms with Gasteiger partial charge in [-0.05, 0) is 52.7 Å². The number of nitrogens with two attached hydrogens (primary N) is 1. The molecule has 0 rings (SSSR count). The minimum atomic E-state index is -0.190. The highest BCUT2D eigenvalue weighted by Crippen LogP contribution is 2.07. The zero-order chi connectivity index (χ0) is 20.4. The average molecular weight is 373 g/mol. The molecule has 0 heterocycles. The number of ketones is 1. The molecule has 0 aromatic carbocycles. The van der Waals surface area contributed by atoms with E-state index in [4.69, 9.17) is 5.73 Å². The molecular weight excluding hydrogens is 332 g/mol. The van der Waals surface area contributed by atoms with Gasteiger partial charge in [0.1, 0.15) is 5.78 Å². The molecule has 154 valence electrons. The molecule has 7 nitrogen and oxygen atoms in total. The van der Waals surface area contributed by atoms with Crippen molar-refractivity contribution < 1.29 is 14.4 Å². The number of rotatable bonds is 14. The van der Waals surface area contributed by atoms with Gasteiger partial charge in [-0.15, -0.1) is 0 Å². The summed E-state index contributed by atoms with van der Waals surface area (Å²) in [4.78, 5) is 34.9. The molecule has 0 aromatic heterocycles. The van der Waals surface area contributed by atoms with E-state index in [9.17, 15) is 14.4 Å². The predicted octanol–water partition coefficient (Wildman–Crippen LogP) is 1.50. The molecule has 0 bridgehead atoms. The smallest absolute Gasteiger partial charge is 0.222 e. The lowest BCUT2D eigenvalue weighted by atomic mass is 10.0. The van der Waals surface area contributed by atoms with Crippen LogP contribution in [-0.4, -0.2) is 49.8 Å². The van der Waals surface area contributed by atoms with Crippen LogP contribution in [0.15, 0.2) is 0 Å². The number of amides is 2. The largest absolute Gasteiger partial charge is 0.353 e. The van der Waals surface area contributed by atoms with Crippen LogP contribution in [0.4, 0.5) is 0 Å². The minimum absolute atomic E-state index is 0.0612. The Morgan fingerprint density at radius 2 is 1.46 bits per heavy atom. The van der Waals surface area contributed by atoms with E-state index in [0.717, 1.165) is 38.6 Å². The summed E-state index contributed by atoms with van der Waals surface area (Å²) in [6.07, 6.45) is 4.67. The lowest BCUT2D eigenvalue weighted by molar-refractivity contribution is -0.123. The summed E-state index contributed by atoms with van der Waals surface area (Å²) in [6.45, 7) is 8.43. The van der Waals surface area contributed by atoms with Crippen LogP contribution in [0.5, 0.6) is 0 Å². The van der Waals surface area contributed by atoms with E-state index >= 15 is 0 Å². The Morgan fingerprint density at radius 3 is 1.96 bits per heavy atom. The highest BCUT2D eigenvalue weighted by atomic mass is 16.2. The van der Waals surface area contributed by atoms with Crippen LogP contribution in [0.3, 0.4) is 0 Å². The van der Waals surface area contributed by atoms with Gasteiger partial charge in [-0.1, -0.05) is 20.3 Å². The second-order valence-corrected chi connectivity index (χ2v) is 6.30. The number of Topliss-reactive ketones (excluding diaryl/α,β-unsaturated/α-hetero) is 1. The van der Waals surface area contributed by atoms with Gasteiger partial charge in [0.25, 0.3) is 0 Å². The van der Waals surface area contributed by atoms with Gasteiger partial charge in [0.15, 0.2) is 0 Å². The van der Waals surface area contributed by atoms with Crippen molar-refractivity contribution in [2.45, 2.75) is 84.7 Å². The molecule has 0 saturated carbocycles. The first-order valence-corrected chi connectivity index (χ1v) is 9.79. The van der Waals surface area contributed by atoms with Crippen molar-refractivity contribution in [1.82, 2.24) is 16.0 Å². The number of hydrogen-bond donors (Lipinski definition) is 4. The molecule has 2 unspecified atom stereocenters. The predicted molar refractivity (Wildman–Crippen MR) is 107 cm³/mol. The Labute approximate surface area is 159 Å². The molecule has 0 spiro atoms. The summed E-state index contributed by atoms with van der Waals surface area (Å²) in [7, 11) is 1.87. The van der Waals surface area contributed by atoms with Crippen LogP contribution in [0.2, 0.25) is 0 Å². The summed E-state index contributed by atoms with van der Waals surface area (Å²) in [5.74, 6) is -0.210.